The van der Waals surface area contributed by atoms with Crippen molar-refractivity contribution >= 4 is 40.2 Å². The molecule has 0 atom stereocenters. The average Bonchev–Trinajstić information content (AvgIpc) is 2.35. The van der Waals surface area contributed by atoms with Crippen LogP contribution in [0.4, 0.5) is 14.5 Å². The van der Waals surface area contributed by atoms with Crippen molar-refractivity contribution in [2.75, 3.05) is 5.32 Å². The molecule has 0 bridgehead atoms. The molecule has 0 radical (unpaired) electrons. The smallest absolute Gasteiger partial charge is 0.258 e. The van der Waals surface area contributed by atoms with Gasteiger partial charge in [-0.15, -0.1) is 12.6 Å². The number of carbonyl (C=O) groups is 1. The molecule has 98 valence electrons. The van der Waals surface area contributed by atoms with Crippen molar-refractivity contribution in [1.29, 1.82) is 0 Å². The highest BCUT2D eigenvalue weighted by Gasteiger charge is 2.14. The first-order chi connectivity index (χ1) is 8.97. The summed E-state index contributed by atoms with van der Waals surface area (Å²) in [5.74, 6) is -2.02. The van der Waals surface area contributed by atoms with E-state index < -0.39 is 17.5 Å². The maximum absolute atomic E-state index is 13.6. The zero-order valence-electron chi connectivity index (χ0n) is 9.45. The van der Waals surface area contributed by atoms with Gasteiger partial charge in [0.1, 0.15) is 11.6 Å². The predicted molar refractivity (Wildman–Crippen MR) is 75.7 cm³/mol. The first-order valence-electron chi connectivity index (χ1n) is 5.22. The molecular weight excluding hydrogens is 336 g/mol. The summed E-state index contributed by atoms with van der Waals surface area (Å²) in [6.45, 7) is 0. The summed E-state index contributed by atoms with van der Waals surface area (Å²) in [6.07, 6.45) is 0. The minimum Gasteiger partial charge on any atom is -0.319 e. The highest BCUT2D eigenvalue weighted by atomic mass is 79.9. The molecule has 2 nitrogen and oxygen atoms in total. The third-order valence-electron chi connectivity index (χ3n) is 2.37. The number of benzene rings is 2. The van der Waals surface area contributed by atoms with Gasteiger partial charge in [-0.3, -0.25) is 4.79 Å². The molecule has 1 amide bonds. The third kappa shape index (κ3) is 3.33. The van der Waals surface area contributed by atoms with Crippen LogP contribution < -0.4 is 5.32 Å². The van der Waals surface area contributed by atoms with Gasteiger partial charge in [0.25, 0.3) is 5.91 Å². The molecule has 0 aromatic heterocycles. The Morgan fingerprint density at radius 2 is 1.84 bits per heavy atom. The minimum atomic E-state index is -0.727. The fraction of sp³-hybridized carbons (Fsp3) is 0. The van der Waals surface area contributed by atoms with E-state index in [4.69, 9.17) is 0 Å². The summed E-state index contributed by atoms with van der Waals surface area (Å²) in [4.78, 5) is 12.3. The second kappa shape index (κ2) is 5.71. The van der Waals surface area contributed by atoms with Crippen LogP contribution in [0.1, 0.15) is 10.4 Å². The maximum atomic E-state index is 13.6. The lowest BCUT2D eigenvalue weighted by atomic mass is 10.2. The van der Waals surface area contributed by atoms with Gasteiger partial charge < -0.3 is 5.32 Å². The Kier molecular flexibility index (Phi) is 4.21. The van der Waals surface area contributed by atoms with E-state index in [-0.39, 0.29) is 11.3 Å². The molecule has 19 heavy (non-hydrogen) atoms. The normalized spacial score (nSPS) is 10.3. The Hall–Kier alpha value is -1.40. The first-order valence-corrected chi connectivity index (χ1v) is 6.46. The van der Waals surface area contributed by atoms with Gasteiger partial charge in [0, 0.05) is 9.37 Å². The molecule has 0 spiro atoms. The van der Waals surface area contributed by atoms with Gasteiger partial charge in [0.05, 0.1) is 11.3 Å². The number of nitrogens with one attached hydrogen (secondary N) is 1. The van der Waals surface area contributed by atoms with Crippen LogP contribution in [0.2, 0.25) is 0 Å². The molecule has 1 N–H and O–H groups in total. The van der Waals surface area contributed by atoms with Crippen LogP contribution in [0.3, 0.4) is 0 Å². The molecule has 6 heteroatoms. The Morgan fingerprint density at radius 3 is 2.53 bits per heavy atom. The zero-order valence-corrected chi connectivity index (χ0v) is 11.9. The predicted octanol–water partition coefficient (Wildman–Crippen LogP) is 4.27. The second-order valence-electron chi connectivity index (χ2n) is 3.74. The molecule has 0 aliphatic rings. The van der Waals surface area contributed by atoms with Crippen molar-refractivity contribution in [2.45, 2.75) is 4.90 Å². The molecular formula is C13H8BrF2NOS. The van der Waals surface area contributed by atoms with Gasteiger partial charge in [0.2, 0.25) is 0 Å². The Morgan fingerprint density at radius 1 is 1.11 bits per heavy atom. The van der Waals surface area contributed by atoms with Gasteiger partial charge in [-0.1, -0.05) is 15.9 Å². The lowest BCUT2D eigenvalue weighted by Crippen LogP contribution is -2.14. The van der Waals surface area contributed by atoms with Crippen molar-refractivity contribution in [3.05, 3.63) is 58.1 Å². The highest BCUT2D eigenvalue weighted by Crippen LogP contribution is 2.21. The largest absolute Gasteiger partial charge is 0.319 e. The molecule has 0 aliphatic heterocycles. The molecule has 0 fully saturated rings. The summed E-state index contributed by atoms with van der Waals surface area (Å²) < 4.78 is 27.6. The van der Waals surface area contributed by atoms with Crippen molar-refractivity contribution in [2.24, 2.45) is 0 Å². The van der Waals surface area contributed by atoms with Crippen LogP contribution >= 0.6 is 28.6 Å². The van der Waals surface area contributed by atoms with E-state index in [9.17, 15) is 13.6 Å². The fourth-order valence-corrected chi connectivity index (χ4v) is 2.00. The van der Waals surface area contributed by atoms with E-state index in [2.05, 4.69) is 33.9 Å². The van der Waals surface area contributed by atoms with Crippen molar-refractivity contribution in [3.8, 4) is 0 Å². The number of amides is 1. The molecule has 0 unspecified atom stereocenters. The molecule has 2 aromatic carbocycles. The SMILES string of the molecule is O=C(Nc1ccc(Br)cc1F)c1cc(S)ccc1F. The summed E-state index contributed by atoms with van der Waals surface area (Å²) >= 11 is 7.13. The summed E-state index contributed by atoms with van der Waals surface area (Å²) in [5, 5.41) is 2.31. The summed E-state index contributed by atoms with van der Waals surface area (Å²) in [6, 6.07) is 8.01. The monoisotopic (exact) mass is 343 g/mol. The first kappa shape index (κ1) is 14.0. The number of hydrogen-bond donors (Lipinski definition) is 2. The number of thiol groups is 1. The number of anilines is 1. The van der Waals surface area contributed by atoms with E-state index in [1.165, 1.54) is 24.3 Å². The third-order valence-corrected chi connectivity index (χ3v) is 3.15. The van der Waals surface area contributed by atoms with Crippen LogP contribution in [-0.2, 0) is 0 Å². The van der Waals surface area contributed by atoms with Crippen LogP contribution in [0.15, 0.2) is 45.8 Å². The fourth-order valence-electron chi connectivity index (χ4n) is 1.47. The molecule has 2 aromatic rings. The van der Waals surface area contributed by atoms with E-state index in [0.717, 1.165) is 6.07 Å². The highest BCUT2D eigenvalue weighted by molar-refractivity contribution is 9.10. The van der Waals surface area contributed by atoms with E-state index in [1.807, 2.05) is 0 Å². The van der Waals surface area contributed by atoms with Crippen LogP contribution in [0.25, 0.3) is 0 Å². The average molecular weight is 344 g/mol. The molecule has 2 rings (SSSR count). The van der Waals surface area contributed by atoms with Crippen molar-refractivity contribution in [3.63, 3.8) is 0 Å². The molecule has 0 saturated heterocycles. The molecule has 0 aliphatic carbocycles. The van der Waals surface area contributed by atoms with Crippen LogP contribution in [0.5, 0.6) is 0 Å². The quantitative estimate of drug-likeness (QED) is 0.783. The Bertz CT molecular complexity index is 649. The minimum absolute atomic E-state index is 0.0165. The lowest BCUT2D eigenvalue weighted by molar-refractivity contribution is 0.102. The van der Waals surface area contributed by atoms with Crippen LogP contribution in [0, 0.1) is 11.6 Å². The van der Waals surface area contributed by atoms with E-state index in [0.29, 0.717) is 9.37 Å². The Balaban J connectivity index is 2.28. The topological polar surface area (TPSA) is 29.1 Å². The second-order valence-corrected chi connectivity index (χ2v) is 5.17. The molecule has 0 saturated carbocycles. The van der Waals surface area contributed by atoms with Gasteiger partial charge in [-0.2, -0.15) is 0 Å². The number of carbonyl (C=O) groups excluding carboxylic acids is 1. The standard InChI is InChI=1S/C13H8BrF2NOS/c14-7-1-4-12(11(16)5-7)17-13(18)9-6-8(19)2-3-10(9)15/h1-6,19H,(H,17,18). The van der Waals surface area contributed by atoms with Crippen molar-refractivity contribution in [1.82, 2.24) is 0 Å². The van der Waals surface area contributed by atoms with Crippen LogP contribution in [-0.4, -0.2) is 5.91 Å². The molecule has 0 heterocycles. The van der Waals surface area contributed by atoms with Gasteiger partial charge in [0.15, 0.2) is 0 Å². The van der Waals surface area contributed by atoms with Crippen molar-refractivity contribution < 1.29 is 13.6 Å². The lowest BCUT2D eigenvalue weighted by Gasteiger charge is -2.08. The Labute approximate surface area is 122 Å². The van der Waals surface area contributed by atoms with Gasteiger partial charge >= 0.3 is 0 Å². The number of hydrogen-bond acceptors (Lipinski definition) is 2. The van der Waals surface area contributed by atoms with Gasteiger partial charge in [-0.05, 0) is 36.4 Å². The maximum Gasteiger partial charge on any atom is 0.258 e. The van der Waals surface area contributed by atoms with E-state index in [1.54, 1.807) is 6.07 Å². The number of rotatable bonds is 2. The van der Waals surface area contributed by atoms with Gasteiger partial charge in [-0.25, -0.2) is 8.78 Å². The summed E-state index contributed by atoms with van der Waals surface area (Å²) in [5.41, 5.74) is -0.202. The van der Waals surface area contributed by atoms with E-state index >= 15 is 0 Å². The summed E-state index contributed by atoms with van der Waals surface area (Å²) in [7, 11) is 0. The zero-order chi connectivity index (χ0) is 14.0. The number of halogens is 3.